The highest BCUT2D eigenvalue weighted by Gasteiger charge is 2.24. The van der Waals surface area contributed by atoms with E-state index in [0.717, 1.165) is 11.3 Å². The Morgan fingerprint density at radius 2 is 1.44 bits per heavy atom. The van der Waals surface area contributed by atoms with Gasteiger partial charge in [0.2, 0.25) is 11.8 Å². The maximum absolute atomic E-state index is 13.2. The quantitative estimate of drug-likeness (QED) is 0.387. The molecule has 206 valence electrons. The van der Waals surface area contributed by atoms with Crippen molar-refractivity contribution < 1.29 is 23.1 Å². The summed E-state index contributed by atoms with van der Waals surface area (Å²) < 4.78 is 29.1. The number of hydrogen-bond donors (Lipinski definition) is 3. The highest BCUT2D eigenvalue weighted by molar-refractivity contribution is 7.92. The lowest BCUT2D eigenvalue weighted by Gasteiger charge is -2.36. The lowest BCUT2D eigenvalue weighted by atomic mass is 10.1. The van der Waals surface area contributed by atoms with E-state index in [9.17, 15) is 23.1 Å². The van der Waals surface area contributed by atoms with Crippen molar-refractivity contribution in [3.8, 4) is 5.75 Å². The summed E-state index contributed by atoms with van der Waals surface area (Å²) in [6.07, 6.45) is 0.00779. The molecule has 0 aromatic heterocycles. The van der Waals surface area contributed by atoms with Gasteiger partial charge in [0.1, 0.15) is 5.75 Å². The van der Waals surface area contributed by atoms with E-state index in [4.69, 9.17) is 0 Å². The van der Waals surface area contributed by atoms with Crippen LogP contribution in [-0.4, -0.2) is 56.4 Å². The molecule has 9 nitrogen and oxygen atoms in total. The van der Waals surface area contributed by atoms with E-state index in [0.29, 0.717) is 43.0 Å². The lowest BCUT2D eigenvalue weighted by Crippen LogP contribution is -2.48. The molecule has 1 aliphatic rings. The summed E-state index contributed by atoms with van der Waals surface area (Å²) in [4.78, 5) is 29.4. The number of benzene rings is 3. The van der Waals surface area contributed by atoms with Gasteiger partial charge >= 0.3 is 0 Å². The normalized spacial score (nSPS) is 13.7. The van der Waals surface area contributed by atoms with Gasteiger partial charge in [0.25, 0.3) is 10.0 Å². The highest BCUT2D eigenvalue weighted by Crippen LogP contribution is 2.29. The molecule has 1 saturated heterocycles. The third-order valence-corrected chi connectivity index (χ3v) is 8.41. The number of para-hydroxylation sites is 4. The number of anilines is 3. The number of aromatic hydroxyl groups is 1. The van der Waals surface area contributed by atoms with Gasteiger partial charge in [-0.2, -0.15) is 0 Å². The van der Waals surface area contributed by atoms with Gasteiger partial charge in [-0.05, 0) is 56.2 Å². The molecule has 0 radical (unpaired) electrons. The standard InChI is InChI=1S/C29H34N4O5S/c1-20-18-21(2)29(22(3)19-20)39(37,38)31-24-9-5-4-8-23(24)30-27(35)12-13-28(36)33-16-14-32(15-17-33)25-10-6-7-11-26(25)34/h4-11,18-19,31,34H,12-17H2,1-3H3,(H,30,35). The fourth-order valence-electron chi connectivity index (χ4n) is 4.99. The van der Waals surface area contributed by atoms with E-state index < -0.39 is 10.0 Å². The van der Waals surface area contributed by atoms with E-state index in [1.165, 1.54) is 0 Å². The first-order valence-electron chi connectivity index (χ1n) is 12.9. The predicted octanol–water partition coefficient (Wildman–Crippen LogP) is 4.19. The third kappa shape index (κ3) is 6.69. The van der Waals surface area contributed by atoms with Gasteiger partial charge in [0.15, 0.2) is 0 Å². The zero-order valence-corrected chi connectivity index (χ0v) is 23.2. The molecule has 10 heteroatoms. The van der Waals surface area contributed by atoms with Gasteiger partial charge in [-0.15, -0.1) is 0 Å². The first kappa shape index (κ1) is 28.0. The Morgan fingerprint density at radius 3 is 2.08 bits per heavy atom. The Hall–Kier alpha value is -4.05. The summed E-state index contributed by atoms with van der Waals surface area (Å²) in [6, 6.07) is 17.3. The molecule has 39 heavy (non-hydrogen) atoms. The summed E-state index contributed by atoms with van der Waals surface area (Å²) in [7, 11) is -3.90. The van der Waals surface area contributed by atoms with Crippen molar-refractivity contribution in [3.05, 3.63) is 77.4 Å². The Morgan fingerprint density at radius 1 is 0.846 bits per heavy atom. The minimum atomic E-state index is -3.90. The summed E-state index contributed by atoms with van der Waals surface area (Å²) in [5, 5.41) is 12.8. The van der Waals surface area contributed by atoms with E-state index >= 15 is 0 Å². The number of carbonyl (C=O) groups is 2. The van der Waals surface area contributed by atoms with E-state index in [1.807, 2.05) is 36.1 Å². The molecule has 1 fully saturated rings. The molecule has 0 spiro atoms. The number of rotatable bonds is 8. The van der Waals surface area contributed by atoms with Crippen LogP contribution in [0.15, 0.2) is 65.6 Å². The minimum Gasteiger partial charge on any atom is -0.506 e. The molecule has 1 aliphatic heterocycles. The van der Waals surface area contributed by atoms with Crippen molar-refractivity contribution in [2.45, 2.75) is 38.5 Å². The molecular weight excluding hydrogens is 516 g/mol. The van der Waals surface area contributed by atoms with E-state index in [-0.39, 0.29) is 41.0 Å². The van der Waals surface area contributed by atoms with E-state index in [2.05, 4.69) is 10.0 Å². The zero-order valence-electron chi connectivity index (χ0n) is 22.4. The average Bonchev–Trinajstić information content (AvgIpc) is 2.88. The number of nitrogens with zero attached hydrogens (tertiary/aromatic N) is 2. The second-order valence-corrected chi connectivity index (χ2v) is 11.4. The predicted molar refractivity (Wildman–Crippen MR) is 153 cm³/mol. The van der Waals surface area contributed by atoms with Crippen molar-refractivity contribution in [1.29, 1.82) is 0 Å². The monoisotopic (exact) mass is 550 g/mol. The molecule has 2 amide bonds. The SMILES string of the molecule is Cc1cc(C)c(S(=O)(=O)Nc2ccccc2NC(=O)CCC(=O)N2CCN(c3ccccc3O)CC2)c(C)c1. The van der Waals surface area contributed by atoms with Crippen molar-refractivity contribution in [2.75, 3.05) is 41.1 Å². The second-order valence-electron chi connectivity index (χ2n) is 9.78. The number of aryl methyl sites for hydroxylation is 3. The largest absolute Gasteiger partial charge is 0.506 e. The number of nitrogens with one attached hydrogen (secondary N) is 2. The van der Waals surface area contributed by atoms with Crippen molar-refractivity contribution in [3.63, 3.8) is 0 Å². The van der Waals surface area contributed by atoms with Gasteiger partial charge < -0.3 is 20.2 Å². The van der Waals surface area contributed by atoms with Crippen molar-refractivity contribution >= 4 is 38.9 Å². The van der Waals surface area contributed by atoms with Crippen LogP contribution in [0.3, 0.4) is 0 Å². The van der Waals surface area contributed by atoms with Crippen LogP contribution < -0.4 is 14.9 Å². The Kier molecular flexibility index (Phi) is 8.44. The number of phenolic OH excluding ortho intramolecular Hbond substituents is 1. The second kappa shape index (κ2) is 11.8. The summed E-state index contributed by atoms with van der Waals surface area (Å²) in [5.74, 6) is -0.299. The summed E-state index contributed by atoms with van der Waals surface area (Å²) in [5.41, 5.74) is 3.56. The number of hydrogen-bond acceptors (Lipinski definition) is 6. The molecule has 1 heterocycles. The van der Waals surface area contributed by atoms with Gasteiger partial charge in [-0.1, -0.05) is 42.0 Å². The molecule has 4 rings (SSSR count). The number of piperazine rings is 1. The molecule has 0 aliphatic carbocycles. The maximum atomic E-state index is 13.2. The first-order chi connectivity index (χ1) is 18.5. The molecule has 3 aromatic carbocycles. The molecule has 0 saturated carbocycles. The highest BCUT2D eigenvalue weighted by atomic mass is 32.2. The number of carbonyl (C=O) groups excluding carboxylic acids is 2. The fourth-order valence-corrected chi connectivity index (χ4v) is 6.52. The average molecular weight is 551 g/mol. The molecule has 0 atom stereocenters. The van der Waals surface area contributed by atoms with Crippen molar-refractivity contribution in [1.82, 2.24) is 4.90 Å². The van der Waals surface area contributed by atoms with E-state index in [1.54, 1.807) is 55.1 Å². The minimum absolute atomic E-state index is 0.0320. The van der Waals surface area contributed by atoms with Crippen LogP contribution in [0.25, 0.3) is 0 Å². The maximum Gasteiger partial charge on any atom is 0.262 e. The molecule has 3 aromatic rings. The Bertz CT molecular complexity index is 1460. The zero-order chi connectivity index (χ0) is 28.2. The van der Waals surface area contributed by atoms with Gasteiger partial charge in [0, 0.05) is 39.0 Å². The van der Waals surface area contributed by atoms with Gasteiger partial charge in [-0.25, -0.2) is 8.42 Å². The first-order valence-corrected chi connectivity index (χ1v) is 14.3. The number of sulfonamides is 1. The topological polar surface area (TPSA) is 119 Å². The van der Waals surface area contributed by atoms with Crippen LogP contribution >= 0.6 is 0 Å². The molecule has 3 N–H and O–H groups in total. The summed E-state index contributed by atoms with van der Waals surface area (Å²) >= 11 is 0. The third-order valence-electron chi connectivity index (χ3n) is 6.74. The molecule has 0 unspecified atom stereocenters. The van der Waals surface area contributed by atoms with Gasteiger partial charge in [-0.3, -0.25) is 14.3 Å². The molecular formula is C29H34N4O5S. The fraction of sp³-hybridized carbons (Fsp3) is 0.310. The van der Waals surface area contributed by atoms with Crippen LogP contribution in [0, 0.1) is 20.8 Å². The smallest absolute Gasteiger partial charge is 0.262 e. The lowest BCUT2D eigenvalue weighted by molar-refractivity contribution is -0.133. The number of amides is 2. The van der Waals surface area contributed by atoms with Crippen LogP contribution in [-0.2, 0) is 19.6 Å². The number of phenols is 1. The van der Waals surface area contributed by atoms with Crippen LogP contribution in [0.2, 0.25) is 0 Å². The van der Waals surface area contributed by atoms with Crippen LogP contribution in [0.5, 0.6) is 5.75 Å². The van der Waals surface area contributed by atoms with Crippen LogP contribution in [0.4, 0.5) is 17.1 Å². The Labute approximate surface area is 229 Å². The molecule has 0 bridgehead atoms. The van der Waals surface area contributed by atoms with Crippen LogP contribution in [0.1, 0.15) is 29.5 Å². The van der Waals surface area contributed by atoms with Crippen molar-refractivity contribution in [2.24, 2.45) is 0 Å². The summed E-state index contributed by atoms with van der Waals surface area (Å²) in [6.45, 7) is 7.59. The van der Waals surface area contributed by atoms with Gasteiger partial charge in [0.05, 0.1) is 22.0 Å². The Balaban J connectivity index is 1.34.